The third-order valence-corrected chi connectivity index (χ3v) is 2.74. The molecule has 4 N–H and O–H groups in total. The molecule has 1 aromatic carbocycles. The summed E-state index contributed by atoms with van der Waals surface area (Å²) in [5, 5.41) is 7.32. The average molecular weight is 231 g/mol. The summed E-state index contributed by atoms with van der Waals surface area (Å²) in [4.78, 5) is 2.39. The second-order valence-corrected chi connectivity index (χ2v) is 4.06. The predicted molar refractivity (Wildman–Crippen MR) is 71.3 cm³/mol. The molecule has 0 saturated carbocycles. The lowest BCUT2D eigenvalue weighted by molar-refractivity contribution is 0.949. The summed E-state index contributed by atoms with van der Waals surface area (Å²) >= 11 is 0. The molecule has 1 heterocycles. The molecule has 1 fully saturated rings. The molecule has 5 heteroatoms. The minimum absolute atomic E-state index is 0.0325. The summed E-state index contributed by atoms with van der Waals surface area (Å²) in [6, 6.07) is 8.23. The number of nitrogens with two attached hydrogens (primary N) is 2. The normalized spacial score (nSPS) is 15.4. The topological polar surface area (TPSA) is 80.0 Å². The highest BCUT2D eigenvalue weighted by atomic mass is 15.3. The summed E-state index contributed by atoms with van der Waals surface area (Å²) in [7, 11) is 0. The minimum Gasteiger partial charge on any atom is -0.372 e. The summed E-state index contributed by atoms with van der Waals surface area (Å²) in [6.45, 7) is 2.31. The number of benzene rings is 1. The smallest absolute Gasteiger partial charge is 0.211 e. The molecule has 0 unspecified atom stereocenters. The van der Waals surface area contributed by atoms with Crippen molar-refractivity contribution in [3.63, 3.8) is 0 Å². The van der Waals surface area contributed by atoms with Crippen molar-refractivity contribution in [3.8, 4) is 0 Å². The molecule has 17 heavy (non-hydrogen) atoms. The van der Waals surface area contributed by atoms with Gasteiger partial charge in [0.05, 0.1) is 6.21 Å². The van der Waals surface area contributed by atoms with E-state index >= 15 is 0 Å². The van der Waals surface area contributed by atoms with Crippen molar-refractivity contribution in [1.29, 1.82) is 0 Å². The lowest BCUT2D eigenvalue weighted by Crippen LogP contribution is -2.21. The van der Waals surface area contributed by atoms with E-state index in [2.05, 4.69) is 27.2 Å². The van der Waals surface area contributed by atoms with Gasteiger partial charge in [0.1, 0.15) is 0 Å². The monoisotopic (exact) mass is 231 g/mol. The summed E-state index contributed by atoms with van der Waals surface area (Å²) < 4.78 is 0. The van der Waals surface area contributed by atoms with Crippen molar-refractivity contribution in [2.24, 2.45) is 21.7 Å². The van der Waals surface area contributed by atoms with Crippen LogP contribution in [0.2, 0.25) is 0 Å². The first-order valence-electron chi connectivity index (χ1n) is 5.73. The molecule has 5 nitrogen and oxygen atoms in total. The van der Waals surface area contributed by atoms with Crippen LogP contribution < -0.4 is 16.4 Å². The van der Waals surface area contributed by atoms with Crippen LogP contribution in [-0.4, -0.2) is 25.3 Å². The first kappa shape index (κ1) is 11.4. The lowest BCUT2D eigenvalue weighted by Gasteiger charge is -2.17. The molecule has 1 aliphatic heterocycles. The Hall–Kier alpha value is -2.04. The first-order valence-corrected chi connectivity index (χ1v) is 5.73. The SMILES string of the molecule is NC(N)=N/N=C\c1ccc(N2CCCC2)cc1. The van der Waals surface area contributed by atoms with Gasteiger partial charge in [-0.2, -0.15) is 5.10 Å². The second kappa shape index (κ2) is 5.34. The molecule has 90 valence electrons. The highest BCUT2D eigenvalue weighted by molar-refractivity contribution is 5.82. The van der Waals surface area contributed by atoms with Crippen LogP contribution in [0.1, 0.15) is 18.4 Å². The van der Waals surface area contributed by atoms with Crippen molar-refractivity contribution in [1.82, 2.24) is 0 Å². The van der Waals surface area contributed by atoms with Gasteiger partial charge >= 0.3 is 0 Å². The van der Waals surface area contributed by atoms with E-state index in [0.717, 1.165) is 18.7 Å². The first-order chi connectivity index (χ1) is 8.25. The number of guanidine groups is 1. The van der Waals surface area contributed by atoms with Gasteiger partial charge in [-0.05, 0) is 30.5 Å². The third-order valence-electron chi connectivity index (χ3n) is 2.74. The highest BCUT2D eigenvalue weighted by Gasteiger charge is 2.11. The fourth-order valence-electron chi connectivity index (χ4n) is 1.91. The largest absolute Gasteiger partial charge is 0.372 e. The van der Waals surface area contributed by atoms with Crippen LogP contribution in [0, 0.1) is 0 Å². The van der Waals surface area contributed by atoms with E-state index in [9.17, 15) is 0 Å². The van der Waals surface area contributed by atoms with Crippen LogP contribution in [-0.2, 0) is 0 Å². The molecule has 1 aliphatic rings. The molecule has 0 bridgehead atoms. The van der Waals surface area contributed by atoms with Gasteiger partial charge in [-0.1, -0.05) is 12.1 Å². The molecule has 0 radical (unpaired) electrons. The molecule has 0 atom stereocenters. The van der Waals surface area contributed by atoms with Gasteiger partial charge in [-0.15, -0.1) is 5.10 Å². The Morgan fingerprint density at radius 1 is 1.12 bits per heavy atom. The van der Waals surface area contributed by atoms with Crippen molar-refractivity contribution >= 4 is 17.9 Å². The Morgan fingerprint density at radius 3 is 2.35 bits per heavy atom. The molecule has 1 saturated heterocycles. The number of nitrogens with zero attached hydrogens (tertiary/aromatic N) is 3. The van der Waals surface area contributed by atoms with Crippen molar-refractivity contribution in [2.45, 2.75) is 12.8 Å². The molecule has 2 rings (SSSR count). The van der Waals surface area contributed by atoms with Crippen LogP contribution in [0.5, 0.6) is 0 Å². The minimum atomic E-state index is -0.0325. The van der Waals surface area contributed by atoms with Crippen LogP contribution in [0.25, 0.3) is 0 Å². The van der Waals surface area contributed by atoms with Gasteiger partial charge in [0.15, 0.2) is 0 Å². The van der Waals surface area contributed by atoms with Crippen LogP contribution in [0.3, 0.4) is 0 Å². The van der Waals surface area contributed by atoms with Gasteiger partial charge in [0, 0.05) is 18.8 Å². The second-order valence-electron chi connectivity index (χ2n) is 4.06. The Bertz CT molecular complexity index is 411. The number of hydrogen-bond donors (Lipinski definition) is 2. The van der Waals surface area contributed by atoms with Gasteiger partial charge in [0.2, 0.25) is 5.96 Å². The standard InChI is InChI=1S/C12H17N5/c13-12(14)16-15-9-10-3-5-11(6-4-10)17-7-1-2-8-17/h3-6,9H,1-2,7-8H2,(H4,13,14,16)/b15-9-. The Kier molecular flexibility index (Phi) is 3.59. The van der Waals surface area contributed by atoms with Crippen molar-refractivity contribution in [3.05, 3.63) is 29.8 Å². The van der Waals surface area contributed by atoms with Gasteiger partial charge in [0.25, 0.3) is 0 Å². The lowest BCUT2D eigenvalue weighted by atomic mass is 10.2. The molecule has 0 amide bonds. The average Bonchev–Trinajstić information content (AvgIpc) is 2.83. The maximum atomic E-state index is 5.17. The van der Waals surface area contributed by atoms with Gasteiger partial charge < -0.3 is 16.4 Å². The zero-order chi connectivity index (χ0) is 12.1. The van der Waals surface area contributed by atoms with E-state index in [1.807, 2.05) is 12.1 Å². The Morgan fingerprint density at radius 2 is 1.76 bits per heavy atom. The third kappa shape index (κ3) is 3.21. The zero-order valence-electron chi connectivity index (χ0n) is 9.71. The zero-order valence-corrected chi connectivity index (χ0v) is 9.71. The van der Waals surface area contributed by atoms with Gasteiger partial charge in [-0.3, -0.25) is 0 Å². The molecule has 1 aromatic rings. The van der Waals surface area contributed by atoms with Crippen LogP contribution >= 0.6 is 0 Å². The Balaban J connectivity index is 2.02. The van der Waals surface area contributed by atoms with E-state index in [4.69, 9.17) is 11.5 Å². The maximum Gasteiger partial charge on any atom is 0.211 e. The van der Waals surface area contributed by atoms with E-state index < -0.39 is 0 Å². The Labute approximate surface area is 101 Å². The highest BCUT2D eigenvalue weighted by Crippen LogP contribution is 2.19. The maximum absolute atomic E-state index is 5.17. The summed E-state index contributed by atoms with van der Waals surface area (Å²) in [6.07, 6.45) is 4.20. The van der Waals surface area contributed by atoms with E-state index in [-0.39, 0.29) is 5.96 Å². The molecule has 0 aromatic heterocycles. The van der Waals surface area contributed by atoms with Crippen LogP contribution in [0.15, 0.2) is 34.5 Å². The van der Waals surface area contributed by atoms with Gasteiger partial charge in [-0.25, -0.2) is 0 Å². The number of anilines is 1. The molecule has 0 spiro atoms. The predicted octanol–water partition coefficient (Wildman–Crippen LogP) is 0.894. The van der Waals surface area contributed by atoms with Crippen molar-refractivity contribution < 1.29 is 0 Å². The van der Waals surface area contributed by atoms with E-state index in [1.165, 1.54) is 18.5 Å². The van der Waals surface area contributed by atoms with E-state index in [1.54, 1.807) is 6.21 Å². The fourth-order valence-corrected chi connectivity index (χ4v) is 1.91. The fraction of sp³-hybridized carbons (Fsp3) is 0.333. The van der Waals surface area contributed by atoms with Crippen LogP contribution in [0.4, 0.5) is 5.69 Å². The number of hydrogen-bond acceptors (Lipinski definition) is 3. The number of rotatable bonds is 3. The quantitative estimate of drug-likeness (QED) is 0.460. The summed E-state index contributed by atoms with van der Waals surface area (Å²) in [5.74, 6) is -0.0325. The molecular formula is C12H17N5. The van der Waals surface area contributed by atoms with E-state index in [0.29, 0.717) is 0 Å². The summed E-state index contributed by atoms with van der Waals surface area (Å²) in [5.41, 5.74) is 12.6. The molecule has 0 aliphatic carbocycles. The van der Waals surface area contributed by atoms with Crippen molar-refractivity contribution in [2.75, 3.05) is 18.0 Å². The molecular weight excluding hydrogens is 214 g/mol.